The number of rotatable bonds is 4. The molecular weight excluding hydrogens is 224 g/mol. The van der Waals surface area contributed by atoms with E-state index in [1.165, 1.54) is 0 Å². The van der Waals surface area contributed by atoms with Crippen LogP contribution in [0, 0.1) is 5.92 Å². The van der Waals surface area contributed by atoms with Crippen molar-refractivity contribution >= 4 is 17.3 Å². The second-order valence-corrected chi connectivity index (χ2v) is 5.63. The van der Waals surface area contributed by atoms with E-state index < -0.39 is 5.97 Å². The first-order valence-electron chi connectivity index (χ1n) is 5.41. The highest BCUT2D eigenvalue weighted by Gasteiger charge is 2.40. The lowest BCUT2D eigenvalue weighted by Crippen LogP contribution is -2.54. The molecule has 16 heavy (non-hydrogen) atoms. The van der Waals surface area contributed by atoms with E-state index in [1.807, 2.05) is 19.2 Å². The van der Waals surface area contributed by atoms with Crippen molar-refractivity contribution in [1.82, 2.24) is 10.3 Å². The van der Waals surface area contributed by atoms with Gasteiger partial charge in [-0.25, -0.2) is 4.98 Å². The van der Waals surface area contributed by atoms with Crippen molar-refractivity contribution in [2.24, 2.45) is 5.92 Å². The molecule has 2 unspecified atom stereocenters. The Balaban J connectivity index is 2.02. The summed E-state index contributed by atoms with van der Waals surface area (Å²) in [7, 11) is 0. The van der Waals surface area contributed by atoms with Crippen LogP contribution in [0.3, 0.4) is 0 Å². The van der Waals surface area contributed by atoms with Gasteiger partial charge in [-0.3, -0.25) is 4.79 Å². The number of nitrogens with one attached hydrogen (secondary N) is 1. The van der Waals surface area contributed by atoms with Gasteiger partial charge >= 0.3 is 5.97 Å². The molecule has 2 N–H and O–H groups in total. The van der Waals surface area contributed by atoms with Crippen molar-refractivity contribution in [3.8, 4) is 0 Å². The summed E-state index contributed by atoms with van der Waals surface area (Å²) in [6.45, 7) is 4.09. The van der Waals surface area contributed by atoms with Crippen molar-refractivity contribution in [3.05, 3.63) is 16.6 Å². The van der Waals surface area contributed by atoms with Gasteiger partial charge in [-0.05, 0) is 26.7 Å². The number of hydrogen-bond donors (Lipinski definition) is 2. The van der Waals surface area contributed by atoms with Crippen LogP contribution in [0.25, 0.3) is 0 Å². The summed E-state index contributed by atoms with van der Waals surface area (Å²) in [4.78, 5) is 15.2. The Morgan fingerprint density at radius 1 is 1.62 bits per heavy atom. The molecule has 0 bridgehead atoms. The van der Waals surface area contributed by atoms with E-state index in [1.54, 1.807) is 17.5 Å². The third kappa shape index (κ3) is 2.10. The number of aliphatic carboxylic acids is 1. The van der Waals surface area contributed by atoms with Crippen LogP contribution >= 0.6 is 11.3 Å². The van der Waals surface area contributed by atoms with Gasteiger partial charge in [0.25, 0.3) is 0 Å². The third-order valence-corrected chi connectivity index (χ3v) is 4.20. The standard InChI is InChI=1S/C11H16N2O2S/c1-11(2,10-12-5-6-16-10)13-8-4-3-7(8)9(14)15/h5-8,13H,3-4H2,1-2H3,(H,14,15). The van der Waals surface area contributed by atoms with Gasteiger partial charge in [0.15, 0.2) is 0 Å². The van der Waals surface area contributed by atoms with Gasteiger partial charge in [-0.1, -0.05) is 0 Å². The predicted octanol–water partition coefficient (Wildman–Crippen LogP) is 1.83. The van der Waals surface area contributed by atoms with Gasteiger partial charge in [-0.2, -0.15) is 0 Å². The molecule has 1 aliphatic carbocycles. The van der Waals surface area contributed by atoms with Crippen LogP contribution < -0.4 is 5.32 Å². The molecule has 0 spiro atoms. The molecule has 1 aliphatic rings. The Morgan fingerprint density at radius 2 is 2.38 bits per heavy atom. The summed E-state index contributed by atoms with van der Waals surface area (Å²) < 4.78 is 0. The van der Waals surface area contributed by atoms with E-state index in [9.17, 15) is 4.79 Å². The molecule has 1 saturated carbocycles. The molecule has 1 fully saturated rings. The second-order valence-electron chi connectivity index (χ2n) is 4.74. The number of thiazole rings is 1. The lowest BCUT2D eigenvalue weighted by Gasteiger charge is -2.39. The van der Waals surface area contributed by atoms with E-state index in [2.05, 4.69) is 10.3 Å². The monoisotopic (exact) mass is 240 g/mol. The van der Waals surface area contributed by atoms with Gasteiger partial charge < -0.3 is 10.4 Å². The Morgan fingerprint density at radius 3 is 2.81 bits per heavy atom. The van der Waals surface area contributed by atoms with Crippen LogP contribution in [0.2, 0.25) is 0 Å². The molecule has 1 heterocycles. The lowest BCUT2D eigenvalue weighted by atomic mass is 9.78. The summed E-state index contributed by atoms with van der Waals surface area (Å²) in [5.74, 6) is -0.932. The van der Waals surface area contributed by atoms with Crippen LogP contribution in [-0.2, 0) is 10.3 Å². The highest BCUT2D eigenvalue weighted by molar-refractivity contribution is 7.09. The average molecular weight is 240 g/mol. The fourth-order valence-corrected chi connectivity index (χ4v) is 2.75. The molecule has 4 nitrogen and oxygen atoms in total. The van der Waals surface area contributed by atoms with Crippen molar-refractivity contribution in [3.63, 3.8) is 0 Å². The quantitative estimate of drug-likeness (QED) is 0.843. The summed E-state index contributed by atoms with van der Waals surface area (Å²) in [5, 5.41) is 15.3. The number of aromatic nitrogens is 1. The van der Waals surface area contributed by atoms with Crippen LogP contribution in [0.5, 0.6) is 0 Å². The largest absolute Gasteiger partial charge is 0.481 e. The molecule has 0 aromatic carbocycles. The molecule has 0 amide bonds. The second kappa shape index (κ2) is 4.14. The van der Waals surface area contributed by atoms with Gasteiger partial charge in [0.05, 0.1) is 11.5 Å². The van der Waals surface area contributed by atoms with Gasteiger partial charge in [0, 0.05) is 17.6 Å². The SMILES string of the molecule is CC(C)(NC1CCC1C(=O)O)c1nccs1. The Bertz CT molecular complexity index is 375. The first kappa shape index (κ1) is 11.5. The summed E-state index contributed by atoms with van der Waals surface area (Å²) in [6.07, 6.45) is 3.49. The molecule has 5 heteroatoms. The number of hydrogen-bond acceptors (Lipinski definition) is 4. The summed E-state index contributed by atoms with van der Waals surface area (Å²) in [5.41, 5.74) is -0.243. The number of nitrogens with zero attached hydrogens (tertiary/aromatic N) is 1. The minimum absolute atomic E-state index is 0.0800. The van der Waals surface area contributed by atoms with Gasteiger partial charge in [0.2, 0.25) is 0 Å². The Labute approximate surface area is 98.7 Å². The van der Waals surface area contributed by atoms with Gasteiger partial charge in [0.1, 0.15) is 5.01 Å². The van der Waals surface area contributed by atoms with E-state index in [-0.39, 0.29) is 17.5 Å². The molecule has 2 atom stereocenters. The van der Waals surface area contributed by atoms with Crippen LogP contribution in [0.15, 0.2) is 11.6 Å². The molecule has 2 rings (SSSR count). The fourth-order valence-electron chi connectivity index (χ4n) is 2.03. The third-order valence-electron chi connectivity index (χ3n) is 3.10. The average Bonchev–Trinajstić information content (AvgIpc) is 2.64. The highest BCUT2D eigenvalue weighted by Crippen LogP contribution is 2.32. The number of carbonyl (C=O) groups is 1. The normalized spacial score (nSPS) is 25.1. The predicted molar refractivity (Wildman–Crippen MR) is 62.4 cm³/mol. The van der Waals surface area contributed by atoms with Crippen molar-refractivity contribution in [2.45, 2.75) is 38.3 Å². The molecule has 0 saturated heterocycles. The van der Waals surface area contributed by atoms with E-state index in [4.69, 9.17) is 5.11 Å². The zero-order valence-corrected chi connectivity index (χ0v) is 10.3. The maximum atomic E-state index is 10.9. The lowest BCUT2D eigenvalue weighted by molar-refractivity contribution is -0.146. The fraction of sp³-hybridized carbons (Fsp3) is 0.636. The van der Waals surface area contributed by atoms with Gasteiger partial charge in [-0.15, -0.1) is 11.3 Å². The van der Waals surface area contributed by atoms with Crippen molar-refractivity contribution in [2.75, 3.05) is 0 Å². The first-order chi connectivity index (χ1) is 7.50. The van der Waals surface area contributed by atoms with Crippen molar-refractivity contribution < 1.29 is 9.90 Å². The highest BCUT2D eigenvalue weighted by atomic mass is 32.1. The topological polar surface area (TPSA) is 62.2 Å². The van der Waals surface area contributed by atoms with E-state index in [0.29, 0.717) is 0 Å². The number of carboxylic acids is 1. The first-order valence-corrected chi connectivity index (χ1v) is 6.29. The van der Waals surface area contributed by atoms with Crippen LogP contribution in [0.1, 0.15) is 31.7 Å². The van der Waals surface area contributed by atoms with Crippen LogP contribution in [0.4, 0.5) is 0 Å². The molecular formula is C11H16N2O2S. The number of carboxylic acid groups (broad SMARTS) is 1. The Hall–Kier alpha value is -0.940. The molecule has 1 aromatic heterocycles. The molecule has 1 aromatic rings. The molecule has 0 radical (unpaired) electrons. The zero-order valence-electron chi connectivity index (χ0n) is 9.43. The minimum Gasteiger partial charge on any atom is -0.481 e. The van der Waals surface area contributed by atoms with Crippen molar-refractivity contribution in [1.29, 1.82) is 0 Å². The van der Waals surface area contributed by atoms with Crippen LogP contribution in [-0.4, -0.2) is 22.1 Å². The zero-order chi connectivity index (χ0) is 11.8. The maximum absolute atomic E-state index is 10.9. The van der Waals surface area contributed by atoms with E-state index >= 15 is 0 Å². The minimum atomic E-state index is -0.696. The summed E-state index contributed by atoms with van der Waals surface area (Å²) in [6, 6.07) is 0.0800. The smallest absolute Gasteiger partial charge is 0.308 e. The van der Waals surface area contributed by atoms with E-state index in [0.717, 1.165) is 17.8 Å². The Kier molecular flexibility index (Phi) is 2.99. The summed E-state index contributed by atoms with van der Waals surface area (Å²) >= 11 is 1.60. The maximum Gasteiger partial charge on any atom is 0.308 e. The molecule has 0 aliphatic heterocycles. The molecule has 88 valence electrons.